The molecule has 152 valence electrons. The largest absolute Gasteiger partial charge is 0.489 e. The number of hydrogen-bond donors (Lipinski definition) is 0. The number of rotatable bonds is 4. The van der Waals surface area contributed by atoms with Crippen LogP contribution in [0.25, 0.3) is 6.08 Å². The van der Waals surface area contributed by atoms with Gasteiger partial charge < -0.3 is 9.47 Å². The van der Waals surface area contributed by atoms with Crippen LogP contribution in [0.15, 0.2) is 54.3 Å². The molecule has 0 bridgehead atoms. The molecule has 3 aromatic rings. The fourth-order valence-electron chi connectivity index (χ4n) is 3.17. The van der Waals surface area contributed by atoms with Crippen molar-refractivity contribution in [1.82, 2.24) is 0 Å². The Hall–Kier alpha value is -2.53. The number of aryl methyl sites for hydroxylation is 1. The van der Waals surface area contributed by atoms with Crippen molar-refractivity contribution in [3.63, 3.8) is 0 Å². The van der Waals surface area contributed by atoms with Crippen LogP contribution in [0.2, 0.25) is 15.1 Å². The lowest BCUT2D eigenvalue weighted by Gasteiger charge is -2.11. The predicted molar refractivity (Wildman–Crippen MR) is 116 cm³/mol. The molecule has 0 fully saturated rings. The molecule has 3 aromatic carbocycles. The molecule has 0 radical (unpaired) electrons. The van der Waals surface area contributed by atoms with Gasteiger partial charge >= 0.3 is 0 Å². The fourth-order valence-corrected chi connectivity index (χ4v) is 3.89. The first kappa shape index (κ1) is 20.7. The van der Waals surface area contributed by atoms with E-state index in [4.69, 9.17) is 44.3 Å². The highest BCUT2D eigenvalue weighted by Crippen LogP contribution is 2.39. The molecule has 0 saturated carbocycles. The summed E-state index contributed by atoms with van der Waals surface area (Å²) in [6, 6.07) is 12.8. The SMILES string of the molecule is Cc1cc(OCc2c(F)cccc2Cl)cc2c1C(=O)/C(=C/c1c(Cl)cccc1Cl)O2. The summed E-state index contributed by atoms with van der Waals surface area (Å²) >= 11 is 18.4. The highest BCUT2D eigenvalue weighted by molar-refractivity contribution is 6.37. The first-order chi connectivity index (χ1) is 14.3. The third-order valence-corrected chi connectivity index (χ3v) is 5.68. The van der Waals surface area contributed by atoms with Crippen molar-refractivity contribution < 1.29 is 18.7 Å². The minimum absolute atomic E-state index is 0.0599. The lowest BCUT2D eigenvalue weighted by atomic mass is 10.0. The van der Waals surface area contributed by atoms with Gasteiger partial charge in [0.2, 0.25) is 5.78 Å². The number of carbonyl (C=O) groups excluding carboxylic acids is 1. The predicted octanol–water partition coefficient (Wildman–Crippen LogP) is 7.29. The van der Waals surface area contributed by atoms with Crippen LogP contribution >= 0.6 is 34.8 Å². The number of fused-ring (bicyclic) bond motifs is 1. The van der Waals surface area contributed by atoms with E-state index in [1.54, 1.807) is 43.3 Å². The van der Waals surface area contributed by atoms with Crippen molar-refractivity contribution >= 4 is 46.7 Å². The highest BCUT2D eigenvalue weighted by Gasteiger charge is 2.30. The summed E-state index contributed by atoms with van der Waals surface area (Å²) in [6.45, 7) is 1.71. The molecular weight excluding hydrogens is 450 g/mol. The van der Waals surface area contributed by atoms with Crippen molar-refractivity contribution in [2.75, 3.05) is 0 Å². The number of ketones is 1. The summed E-state index contributed by atoms with van der Waals surface area (Å²) in [5.74, 6) is 0.160. The molecule has 0 spiro atoms. The van der Waals surface area contributed by atoms with E-state index < -0.39 is 5.82 Å². The first-order valence-corrected chi connectivity index (χ1v) is 10.1. The number of halogens is 4. The topological polar surface area (TPSA) is 35.5 Å². The standard InChI is InChI=1S/C23H14Cl3FO3/c1-12-8-13(29-11-15-18(26)6-3-7-19(15)27)9-20-22(12)23(28)21(30-20)10-14-16(24)4-2-5-17(14)25/h2-10H,11H2,1H3/b21-10-. The number of hydrogen-bond acceptors (Lipinski definition) is 3. The molecule has 4 rings (SSSR count). The lowest BCUT2D eigenvalue weighted by molar-refractivity contribution is 0.101. The van der Waals surface area contributed by atoms with Crippen molar-refractivity contribution in [2.45, 2.75) is 13.5 Å². The number of carbonyl (C=O) groups is 1. The van der Waals surface area contributed by atoms with Crippen molar-refractivity contribution in [2.24, 2.45) is 0 Å². The molecule has 0 atom stereocenters. The van der Waals surface area contributed by atoms with Gasteiger partial charge in [-0.3, -0.25) is 4.79 Å². The molecule has 0 aromatic heterocycles. The normalized spacial score (nSPS) is 14.0. The molecule has 0 saturated heterocycles. The Balaban J connectivity index is 1.62. The van der Waals surface area contributed by atoms with Crippen LogP contribution in [0.3, 0.4) is 0 Å². The zero-order chi connectivity index (χ0) is 21.4. The van der Waals surface area contributed by atoms with Crippen LogP contribution < -0.4 is 9.47 Å². The van der Waals surface area contributed by atoms with Gasteiger partial charge in [0, 0.05) is 27.2 Å². The van der Waals surface area contributed by atoms with Crippen molar-refractivity contribution in [1.29, 1.82) is 0 Å². The Labute approximate surface area is 187 Å². The van der Waals surface area contributed by atoms with Gasteiger partial charge in [-0.2, -0.15) is 0 Å². The second kappa shape index (κ2) is 8.31. The maximum Gasteiger partial charge on any atom is 0.232 e. The smallest absolute Gasteiger partial charge is 0.232 e. The molecule has 30 heavy (non-hydrogen) atoms. The molecule has 1 heterocycles. The summed E-state index contributed by atoms with van der Waals surface area (Å²) in [7, 11) is 0. The van der Waals surface area contributed by atoms with Crippen LogP contribution in [0.5, 0.6) is 11.5 Å². The molecular formula is C23H14Cl3FO3. The van der Waals surface area contributed by atoms with E-state index in [1.807, 2.05) is 0 Å². The second-order valence-corrected chi connectivity index (χ2v) is 7.90. The highest BCUT2D eigenvalue weighted by atomic mass is 35.5. The zero-order valence-corrected chi connectivity index (χ0v) is 17.9. The Morgan fingerprint density at radius 3 is 2.40 bits per heavy atom. The Kier molecular flexibility index (Phi) is 5.74. The van der Waals surface area contributed by atoms with Gasteiger partial charge in [0.25, 0.3) is 0 Å². The van der Waals surface area contributed by atoms with Crippen LogP contribution in [-0.2, 0) is 6.61 Å². The number of Topliss-reactive ketones (excluding diaryl/α,β-unsaturated/α-hetero) is 1. The van der Waals surface area contributed by atoms with E-state index in [0.29, 0.717) is 38.2 Å². The Morgan fingerprint density at radius 2 is 1.70 bits per heavy atom. The number of benzene rings is 3. The van der Waals surface area contributed by atoms with Gasteiger partial charge in [0.05, 0.1) is 10.6 Å². The Morgan fingerprint density at radius 1 is 1.03 bits per heavy atom. The summed E-state index contributed by atoms with van der Waals surface area (Å²) in [6.07, 6.45) is 1.52. The van der Waals surface area contributed by atoms with Crippen LogP contribution in [0.1, 0.15) is 27.0 Å². The van der Waals surface area contributed by atoms with Crippen molar-refractivity contribution in [3.8, 4) is 11.5 Å². The lowest BCUT2D eigenvalue weighted by Crippen LogP contribution is -2.01. The molecule has 1 aliphatic heterocycles. The van der Waals surface area contributed by atoms with Gasteiger partial charge in [-0.25, -0.2) is 4.39 Å². The quantitative estimate of drug-likeness (QED) is 0.381. The van der Waals surface area contributed by atoms with E-state index in [2.05, 4.69) is 0 Å². The average molecular weight is 464 g/mol. The van der Waals surface area contributed by atoms with Crippen LogP contribution in [-0.4, -0.2) is 5.78 Å². The van der Waals surface area contributed by atoms with Crippen LogP contribution in [0, 0.1) is 12.7 Å². The van der Waals surface area contributed by atoms with E-state index in [1.165, 1.54) is 18.2 Å². The monoisotopic (exact) mass is 462 g/mol. The van der Waals surface area contributed by atoms with Crippen LogP contribution in [0.4, 0.5) is 4.39 Å². The summed E-state index contributed by atoms with van der Waals surface area (Å²) in [5, 5.41) is 1.09. The van der Waals surface area contributed by atoms with Gasteiger partial charge in [0.1, 0.15) is 23.9 Å². The van der Waals surface area contributed by atoms with Gasteiger partial charge in [-0.1, -0.05) is 46.9 Å². The molecule has 3 nitrogen and oxygen atoms in total. The maximum absolute atomic E-state index is 14.0. The second-order valence-electron chi connectivity index (χ2n) is 6.68. The third-order valence-electron chi connectivity index (χ3n) is 4.66. The minimum Gasteiger partial charge on any atom is -0.489 e. The molecule has 0 N–H and O–H groups in total. The van der Waals surface area contributed by atoms with E-state index >= 15 is 0 Å². The molecule has 0 amide bonds. The molecule has 0 unspecified atom stereocenters. The van der Waals surface area contributed by atoms with E-state index in [0.717, 1.165) is 0 Å². The molecule has 0 aliphatic carbocycles. The maximum atomic E-state index is 14.0. The number of allylic oxidation sites excluding steroid dienone is 1. The first-order valence-electron chi connectivity index (χ1n) is 8.93. The molecule has 1 aliphatic rings. The fraction of sp³-hybridized carbons (Fsp3) is 0.0870. The Bertz CT molecular complexity index is 1160. The van der Waals surface area contributed by atoms with Gasteiger partial charge in [-0.05, 0) is 48.9 Å². The summed E-state index contributed by atoms with van der Waals surface area (Å²) in [4.78, 5) is 12.8. The summed E-state index contributed by atoms with van der Waals surface area (Å²) in [5.41, 5.74) is 1.85. The minimum atomic E-state index is -0.450. The van der Waals surface area contributed by atoms with E-state index in [9.17, 15) is 9.18 Å². The van der Waals surface area contributed by atoms with Gasteiger partial charge in [-0.15, -0.1) is 0 Å². The third kappa shape index (κ3) is 3.91. The van der Waals surface area contributed by atoms with Gasteiger partial charge in [0.15, 0.2) is 5.76 Å². The zero-order valence-electron chi connectivity index (χ0n) is 15.6. The number of ether oxygens (including phenoxy) is 2. The summed E-state index contributed by atoms with van der Waals surface area (Å²) < 4.78 is 25.4. The van der Waals surface area contributed by atoms with Crippen molar-refractivity contribution in [3.05, 3.63) is 97.4 Å². The molecule has 7 heteroatoms. The van der Waals surface area contributed by atoms with E-state index in [-0.39, 0.29) is 28.7 Å². The average Bonchev–Trinajstić information content (AvgIpc) is 3.00.